The zero-order valence-corrected chi connectivity index (χ0v) is 12.4. The van der Waals surface area contributed by atoms with Crippen molar-refractivity contribution in [3.63, 3.8) is 0 Å². The van der Waals surface area contributed by atoms with Crippen molar-refractivity contribution in [3.8, 4) is 0 Å². The lowest BCUT2D eigenvalue weighted by atomic mass is 10.3. The van der Waals surface area contributed by atoms with Gasteiger partial charge < -0.3 is 5.32 Å². The van der Waals surface area contributed by atoms with Crippen molar-refractivity contribution in [2.24, 2.45) is 7.05 Å². The Balaban J connectivity index is 2.19. The quantitative estimate of drug-likeness (QED) is 0.718. The summed E-state index contributed by atoms with van der Waals surface area (Å²) in [6.07, 6.45) is 4.53. The van der Waals surface area contributed by atoms with Crippen LogP contribution in [0, 0.1) is 0 Å². The predicted molar refractivity (Wildman–Crippen MR) is 74.6 cm³/mol. The van der Waals surface area contributed by atoms with Gasteiger partial charge in [-0.1, -0.05) is 13.8 Å². The van der Waals surface area contributed by atoms with E-state index >= 15 is 0 Å². The van der Waals surface area contributed by atoms with Gasteiger partial charge in [0, 0.05) is 31.4 Å². The number of rotatable bonds is 6. The number of H-pyrrole nitrogens is 1. The minimum absolute atomic E-state index is 0.0644. The monoisotopic (exact) mass is 298 g/mol. The SMILES string of the molecule is CC(C)NCc1cn[nH]c1S(=O)(=O)Nc1cnn(C)c1. The number of nitrogens with zero attached hydrogens (tertiary/aromatic N) is 3. The smallest absolute Gasteiger partial charge is 0.279 e. The van der Waals surface area contributed by atoms with Crippen molar-refractivity contribution in [2.75, 3.05) is 4.72 Å². The highest BCUT2D eigenvalue weighted by Crippen LogP contribution is 2.16. The van der Waals surface area contributed by atoms with Gasteiger partial charge in [0.1, 0.15) is 0 Å². The fourth-order valence-corrected chi connectivity index (χ4v) is 2.81. The number of sulfonamides is 1. The molecule has 0 atom stereocenters. The molecule has 20 heavy (non-hydrogen) atoms. The van der Waals surface area contributed by atoms with Gasteiger partial charge in [0.2, 0.25) is 0 Å². The third-order valence-corrected chi connectivity index (χ3v) is 4.00. The first-order valence-electron chi connectivity index (χ1n) is 6.15. The highest BCUT2D eigenvalue weighted by molar-refractivity contribution is 7.92. The molecule has 0 aromatic carbocycles. The van der Waals surface area contributed by atoms with Gasteiger partial charge in [0.25, 0.3) is 10.0 Å². The standard InChI is InChI=1S/C11H18N6O2S/c1-8(2)12-4-9-5-13-15-11(9)20(18,19)16-10-6-14-17(3)7-10/h5-8,12,16H,4H2,1-3H3,(H,13,15). The zero-order valence-electron chi connectivity index (χ0n) is 11.6. The largest absolute Gasteiger partial charge is 0.310 e. The molecule has 8 nitrogen and oxygen atoms in total. The molecule has 0 aliphatic heterocycles. The molecule has 0 radical (unpaired) electrons. The number of aromatic amines is 1. The van der Waals surface area contributed by atoms with Crippen LogP contribution in [0.25, 0.3) is 0 Å². The summed E-state index contributed by atoms with van der Waals surface area (Å²) < 4.78 is 28.6. The number of aromatic nitrogens is 4. The molecule has 2 aromatic heterocycles. The van der Waals surface area contributed by atoms with Crippen LogP contribution >= 0.6 is 0 Å². The Morgan fingerprint density at radius 2 is 2.15 bits per heavy atom. The van der Waals surface area contributed by atoms with Crippen molar-refractivity contribution in [3.05, 3.63) is 24.2 Å². The van der Waals surface area contributed by atoms with E-state index < -0.39 is 10.0 Å². The van der Waals surface area contributed by atoms with E-state index in [1.54, 1.807) is 13.2 Å². The lowest BCUT2D eigenvalue weighted by molar-refractivity contribution is 0.574. The van der Waals surface area contributed by atoms with E-state index in [-0.39, 0.29) is 11.1 Å². The van der Waals surface area contributed by atoms with E-state index in [0.717, 1.165) is 0 Å². The van der Waals surface area contributed by atoms with Crippen LogP contribution in [0.1, 0.15) is 19.4 Å². The van der Waals surface area contributed by atoms with Gasteiger partial charge >= 0.3 is 0 Å². The van der Waals surface area contributed by atoms with Gasteiger partial charge in [-0.15, -0.1) is 0 Å². The summed E-state index contributed by atoms with van der Waals surface area (Å²) in [5, 5.41) is 13.5. The normalized spacial score (nSPS) is 12.0. The Bertz CT molecular complexity index is 673. The summed E-state index contributed by atoms with van der Waals surface area (Å²) in [5.41, 5.74) is 1.000. The molecule has 2 aromatic rings. The third kappa shape index (κ3) is 3.36. The molecule has 0 fully saturated rings. The van der Waals surface area contributed by atoms with Gasteiger partial charge in [-0.3, -0.25) is 14.5 Å². The summed E-state index contributed by atoms with van der Waals surface area (Å²) in [7, 11) is -1.98. The van der Waals surface area contributed by atoms with Crippen molar-refractivity contribution >= 4 is 15.7 Å². The summed E-state index contributed by atoms with van der Waals surface area (Å²) in [5.74, 6) is 0. The van der Waals surface area contributed by atoms with E-state index in [1.807, 2.05) is 13.8 Å². The predicted octanol–water partition coefficient (Wildman–Crippen LogP) is 0.442. The van der Waals surface area contributed by atoms with Gasteiger partial charge in [-0.25, -0.2) is 0 Å². The molecule has 2 heterocycles. The summed E-state index contributed by atoms with van der Waals surface area (Å²) in [4.78, 5) is 0. The first-order valence-corrected chi connectivity index (χ1v) is 7.64. The highest BCUT2D eigenvalue weighted by Gasteiger charge is 2.21. The van der Waals surface area contributed by atoms with Crippen LogP contribution in [0.15, 0.2) is 23.6 Å². The molecule has 110 valence electrons. The number of aryl methyl sites for hydroxylation is 1. The molecule has 0 aliphatic carbocycles. The van der Waals surface area contributed by atoms with Crippen molar-refractivity contribution in [1.82, 2.24) is 25.3 Å². The maximum Gasteiger partial charge on any atom is 0.279 e. The van der Waals surface area contributed by atoms with E-state index in [1.165, 1.54) is 17.1 Å². The van der Waals surface area contributed by atoms with Gasteiger partial charge in [-0.2, -0.15) is 18.6 Å². The van der Waals surface area contributed by atoms with Crippen molar-refractivity contribution in [1.29, 1.82) is 0 Å². The summed E-state index contributed by atoms with van der Waals surface area (Å²) >= 11 is 0. The molecule has 0 saturated carbocycles. The Hall–Kier alpha value is -1.87. The number of hydrogen-bond acceptors (Lipinski definition) is 5. The van der Waals surface area contributed by atoms with Gasteiger partial charge in [0.05, 0.1) is 18.1 Å². The minimum Gasteiger partial charge on any atom is -0.310 e. The maximum atomic E-state index is 12.3. The fraction of sp³-hybridized carbons (Fsp3) is 0.455. The number of anilines is 1. The van der Waals surface area contributed by atoms with E-state index in [4.69, 9.17) is 0 Å². The van der Waals surface area contributed by atoms with Crippen molar-refractivity contribution < 1.29 is 8.42 Å². The average molecular weight is 298 g/mol. The van der Waals surface area contributed by atoms with E-state index in [9.17, 15) is 8.42 Å². The second-order valence-corrected chi connectivity index (χ2v) is 6.39. The molecular formula is C11H18N6O2S. The van der Waals surface area contributed by atoms with Crippen LogP contribution in [0.2, 0.25) is 0 Å². The molecule has 0 spiro atoms. The molecule has 0 aliphatic rings. The molecule has 2 rings (SSSR count). The lowest BCUT2D eigenvalue weighted by Gasteiger charge is -2.09. The second kappa shape index (κ2) is 5.63. The van der Waals surface area contributed by atoms with Crippen LogP contribution in [0.5, 0.6) is 0 Å². The molecule has 0 amide bonds. The zero-order chi connectivity index (χ0) is 14.8. The maximum absolute atomic E-state index is 12.3. The van der Waals surface area contributed by atoms with E-state index in [0.29, 0.717) is 17.8 Å². The number of hydrogen-bond donors (Lipinski definition) is 3. The van der Waals surface area contributed by atoms with Gasteiger partial charge in [0.15, 0.2) is 5.03 Å². The molecule has 3 N–H and O–H groups in total. The third-order valence-electron chi connectivity index (χ3n) is 2.60. The molecule has 0 unspecified atom stereocenters. The second-order valence-electron chi connectivity index (χ2n) is 4.77. The minimum atomic E-state index is -3.70. The van der Waals surface area contributed by atoms with Crippen LogP contribution in [0.3, 0.4) is 0 Å². The Kier molecular flexibility index (Phi) is 4.09. The highest BCUT2D eigenvalue weighted by atomic mass is 32.2. The molecule has 9 heteroatoms. The first-order chi connectivity index (χ1) is 9.38. The number of nitrogens with one attached hydrogen (secondary N) is 3. The summed E-state index contributed by atoms with van der Waals surface area (Å²) in [6, 6.07) is 0.256. The average Bonchev–Trinajstić information content (AvgIpc) is 2.95. The van der Waals surface area contributed by atoms with Gasteiger partial charge in [-0.05, 0) is 0 Å². The Morgan fingerprint density at radius 3 is 2.75 bits per heavy atom. The Morgan fingerprint density at radius 1 is 1.40 bits per heavy atom. The first kappa shape index (κ1) is 14.5. The Labute approximate surface area is 117 Å². The van der Waals surface area contributed by atoms with Crippen LogP contribution in [0.4, 0.5) is 5.69 Å². The molecule has 0 bridgehead atoms. The topological polar surface area (TPSA) is 105 Å². The van der Waals surface area contributed by atoms with Crippen molar-refractivity contribution in [2.45, 2.75) is 31.5 Å². The van der Waals surface area contributed by atoms with Crippen LogP contribution < -0.4 is 10.0 Å². The summed E-state index contributed by atoms with van der Waals surface area (Å²) in [6.45, 7) is 4.40. The van der Waals surface area contributed by atoms with Crippen LogP contribution in [-0.2, 0) is 23.6 Å². The molecule has 0 saturated heterocycles. The molecular weight excluding hydrogens is 280 g/mol. The fourth-order valence-electron chi connectivity index (χ4n) is 1.65. The lowest BCUT2D eigenvalue weighted by Crippen LogP contribution is -2.23. The van der Waals surface area contributed by atoms with Crippen LogP contribution in [-0.4, -0.2) is 34.4 Å². The van der Waals surface area contributed by atoms with E-state index in [2.05, 4.69) is 25.3 Å².